The number of carbonyl (C=O) groups excluding carboxylic acids is 1. The number of aromatic nitrogens is 3. The van der Waals surface area contributed by atoms with E-state index in [0.29, 0.717) is 27.7 Å². The number of anilines is 1. The summed E-state index contributed by atoms with van der Waals surface area (Å²) in [5, 5.41) is 19.8. The van der Waals surface area contributed by atoms with Gasteiger partial charge in [-0.2, -0.15) is 4.98 Å². The van der Waals surface area contributed by atoms with E-state index in [4.69, 9.17) is 16.3 Å². The van der Waals surface area contributed by atoms with Crippen LogP contribution in [0.15, 0.2) is 47.6 Å². The third-order valence-electron chi connectivity index (χ3n) is 4.49. The molecule has 2 aromatic carbocycles. The van der Waals surface area contributed by atoms with E-state index in [1.165, 1.54) is 41.8 Å². The van der Waals surface area contributed by atoms with Crippen LogP contribution in [-0.4, -0.2) is 32.3 Å². The second-order valence-corrected chi connectivity index (χ2v) is 7.48. The molecule has 0 radical (unpaired) electrons. The Morgan fingerprint density at radius 1 is 1.27 bits per heavy atom. The van der Waals surface area contributed by atoms with E-state index in [1.54, 1.807) is 18.2 Å². The molecule has 152 valence electrons. The average molecular weight is 444 g/mol. The molecule has 0 fully saturated rings. The van der Waals surface area contributed by atoms with Crippen molar-refractivity contribution in [1.29, 1.82) is 0 Å². The Kier molecular flexibility index (Phi) is 5.27. The highest BCUT2D eigenvalue weighted by molar-refractivity contribution is 7.98. The summed E-state index contributed by atoms with van der Waals surface area (Å²) in [6.07, 6.45) is 0.846. The molecule has 1 atom stereocenters. The minimum absolute atomic E-state index is 0.0621. The van der Waals surface area contributed by atoms with Gasteiger partial charge in [-0.3, -0.25) is 19.8 Å². The normalized spacial score (nSPS) is 14.9. The number of fused-ring (bicyclic) bond motifs is 3. The standard InChI is InChI=1S/C19H14ClN5O4S/c1-10(26)24-14-6-4-3-5-12(14)16-17(21-19(30-2)23-22-16)29-18(24)11-7-8-15(25(27)28)13(20)9-11/h3-9,18H,1-2H3. The Hall–Kier alpha value is -3.24. The number of hydrogen-bond donors (Lipinski definition) is 0. The Morgan fingerprint density at radius 2 is 2.03 bits per heavy atom. The molecule has 1 aliphatic heterocycles. The summed E-state index contributed by atoms with van der Waals surface area (Å²) < 4.78 is 6.15. The molecule has 0 saturated carbocycles. The maximum absolute atomic E-state index is 12.7. The van der Waals surface area contributed by atoms with Crippen LogP contribution in [0.5, 0.6) is 5.88 Å². The Labute approximate surface area is 180 Å². The number of benzene rings is 2. The zero-order valence-corrected chi connectivity index (χ0v) is 17.3. The minimum atomic E-state index is -0.963. The molecule has 9 nitrogen and oxygen atoms in total. The summed E-state index contributed by atoms with van der Waals surface area (Å²) >= 11 is 7.42. The van der Waals surface area contributed by atoms with Crippen LogP contribution in [0.2, 0.25) is 5.02 Å². The van der Waals surface area contributed by atoms with E-state index in [-0.39, 0.29) is 22.5 Å². The lowest BCUT2D eigenvalue weighted by Crippen LogP contribution is -2.36. The summed E-state index contributed by atoms with van der Waals surface area (Å²) in [6.45, 7) is 1.41. The van der Waals surface area contributed by atoms with Gasteiger partial charge in [-0.15, -0.1) is 10.2 Å². The van der Waals surface area contributed by atoms with Crippen molar-refractivity contribution in [3.05, 3.63) is 63.2 Å². The molecule has 30 heavy (non-hydrogen) atoms. The van der Waals surface area contributed by atoms with Crippen LogP contribution in [0.25, 0.3) is 11.3 Å². The molecule has 1 aliphatic rings. The first-order valence-corrected chi connectivity index (χ1v) is 10.3. The Morgan fingerprint density at radius 3 is 2.70 bits per heavy atom. The minimum Gasteiger partial charge on any atom is -0.447 e. The predicted molar refractivity (Wildman–Crippen MR) is 112 cm³/mol. The van der Waals surface area contributed by atoms with Gasteiger partial charge in [-0.1, -0.05) is 41.6 Å². The van der Waals surface area contributed by atoms with Gasteiger partial charge in [0.25, 0.3) is 5.69 Å². The smallest absolute Gasteiger partial charge is 0.287 e. The molecule has 1 aromatic heterocycles. The molecule has 4 rings (SSSR count). The largest absolute Gasteiger partial charge is 0.447 e. The summed E-state index contributed by atoms with van der Waals surface area (Å²) in [4.78, 5) is 29.1. The van der Waals surface area contributed by atoms with Crippen molar-refractivity contribution < 1.29 is 14.5 Å². The van der Waals surface area contributed by atoms with Crippen LogP contribution in [0.4, 0.5) is 11.4 Å². The molecule has 0 bridgehead atoms. The lowest BCUT2D eigenvalue weighted by Gasteiger charge is -2.29. The maximum Gasteiger partial charge on any atom is 0.287 e. The fraction of sp³-hybridized carbons (Fsp3) is 0.158. The molecule has 0 spiro atoms. The zero-order valence-electron chi connectivity index (χ0n) is 15.8. The number of ether oxygens (including phenoxy) is 1. The average Bonchev–Trinajstić information content (AvgIpc) is 2.87. The first kappa shape index (κ1) is 20.0. The van der Waals surface area contributed by atoms with Crippen molar-refractivity contribution in [2.75, 3.05) is 11.2 Å². The topological polar surface area (TPSA) is 111 Å². The van der Waals surface area contributed by atoms with Gasteiger partial charge in [0.1, 0.15) is 5.02 Å². The fourth-order valence-electron chi connectivity index (χ4n) is 3.18. The molecule has 3 aromatic rings. The van der Waals surface area contributed by atoms with Gasteiger partial charge in [-0.25, -0.2) is 0 Å². The van der Waals surface area contributed by atoms with Crippen LogP contribution in [0.1, 0.15) is 18.7 Å². The molecule has 1 amide bonds. The van der Waals surface area contributed by atoms with Crippen molar-refractivity contribution in [2.24, 2.45) is 0 Å². The molecular weight excluding hydrogens is 430 g/mol. The maximum atomic E-state index is 12.7. The van der Waals surface area contributed by atoms with E-state index in [0.717, 1.165) is 0 Å². The van der Waals surface area contributed by atoms with Crippen molar-refractivity contribution in [3.63, 3.8) is 0 Å². The Bertz CT molecular complexity index is 1180. The number of halogens is 1. The van der Waals surface area contributed by atoms with Crippen LogP contribution < -0.4 is 9.64 Å². The van der Waals surface area contributed by atoms with Crippen molar-refractivity contribution in [2.45, 2.75) is 18.3 Å². The van der Waals surface area contributed by atoms with E-state index < -0.39 is 11.2 Å². The third-order valence-corrected chi connectivity index (χ3v) is 5.33. The summed E-state index contributed by atoms with van der Waals surface area (Å²) in [6, 6.07) is 11.4. The van der Waals surface area contributed by atoms with Gasteiger partial charge in [0.15, 0.2) is 5.69 Å². The second kappa shape index (κ2) is 7.88. The fourth-order valence-corrected chi connectivity index (χ4v) is 3.74. The van der Waals surface area contributed by atoms with Gasteiger partial charge in [-0.05, 0) is 24.5 Å². The van der Waals surface area contributed by atoms with Gasteiger partial charge in [0.2, 0.25) is 23.2 Å². The molecule has 1 unspecified atom stereocenters. The number of para-hydroxylation sites is 1. The number of nitrogens with zero attached hydrogens (tertiary/aromatic N) is 5. The first-order chi connectivity index (χ1) is 14.4. The van der Waals surface area contributed by atoms with Crippen molar-refractivity contribution in [3.8, 4) is 17.1 Å². The Balaban J connectivity index is 1.95. The highest BCUT2D eigenvalue weighted by atomic mass is 35.5. The van der Waals surface area contributed by atoms with Gasteiger partial charge >= 0.3 is 0 Å². The van der Waals surface area contributed by atoms with Crippen molar-refractivity contribution in [1.82, 2.24) is 15.2 Å². The number of rotatable bonds is 3. The van der Waals surface area contributed by atoms with Crippen LogP contribution in [0.3, 0.4) is 0 Å². The number of nitro benzene ring substituents is 1. The number of thioether (sulfide) groups is 1. The number of nitro groups is 1. The SMILES string of the molecule is CSc1nnc2c(n1)OC(c1ccc([N+](=O)[O-])c(Cl)c1)N(C(C)=O)c1ccccc1-2. The number of hydrogen-bond acceptors (Lipinski definition) is 8. The van der Waals surface area contributed by atoms with Gasteiger partial charge in [0.05, 0.1) is 10.6 Å². The molecular formula is C19H14ClN5O4S. The monoisotopic (exact) mass is 443 g/mol. The zero-order chi connectivity index (χ0) is 21.4. The predicted octanol–water partition coefficient (Wildman–Crippen LogP) is 4.27. The number of carbonyl (C=O) groups is 1. The number of amides is 1. The quantitative estimate of drug-likeness (QED) is 0.335. The highest BCUT2D eigenvalue weighted by Crippen LogP contribution is 2.43. The van der Waals surface area contributed by atoms with Crippen LogP contribution in [-0.2, 0) is 4.79 Å². The summed E-state index contributed by atoms with van der Waals surface area (Å²) in [5.74, 6) is -0.0993. The molecule has 2 heterocycles. The van der Waals surface area contributed by atoms with Gasteiger partial charge in [0, 0.05) is 24.1 Å². The molecule has 0 saturated heterocycles. The highest BCUT2D eigenvalue weighted by Gasteiger charge is 2.35. The molecule has 0 N–H and O–H groups in total. The van der Waals surface area contributed by atoms with Crippen molar-refractivity contribution >= 4 is 40.6 Å². The van der Waals surface area contributed by atoms with Crippen LogP contribution >= 0.6 is 23.4 Å². The van der Waals surface area contributed by atoms with E-state index in [9.17, 15) is 14.9 Å². The molecule has 0 aliphatic carbocycles. The summed E-state index contributed by atoms with van der Waals surface area (Å²) in [7, 11) is 0. The second-order valence-electron chi connectivity index (χ2n) is 6.30. The third kappa shape index (κ3) is 3.44. The lowest BCUT2D eigenvalue weighted by atomic mass is 10.1. The lowest BCUT2D eigenvalue weighted by molar-refractivity contribution is -0.384. The summed E-state index contributed by atoms with van der Waals surface area (Å²) in [5.41, 5.74) is 1.79. The first-order valence-electron chi connectivity index (χ1n) is 8.69. The molecule has 11 heteroatoms. The van der Waals surface area contributed by atoms with E-state index in [2.05, 4.69) is 15.2 Å². The van der Waals surface area contributed by atoms with E-state index in [1.807, 2.05) is 12.3 Å². The van der Waals surface area contributed by atoms with Gasteiger partial charge < -0.3 is 4.74 Å². The van der Waals surface area contributed by atoms with Crippen LogP contribution in [0, 0.1) is 10.1 Å². The van der Waals surface area contributed by atoms with E-state index >= 15 is 0 Å².